The lowest BCUT2D eigenvalue weighted by Gasteiger charge is -2.26. The first kappa shape index (κ1) is 14.4. The van der Waals surface area contributed by atoms with Crippen LogP contribution in [0.25, 0.3) is 11.1 Å². The van der Waals surface area contributed by atoms with Crippen LogP contribution in [0.4, 0.5) is 10.1 Å². The maximum absolute atomic E-state index is 13.4. The molecule has 0 saturated carbocycles. The SMILES string of the molecule is CN1C(=O)[C@@]2(Cc3ccc(F)cc3)c3ccccc3-c3cccc1c32. The fraction of sp³-hybridized carbons (Fsp3) is 0.136. The van der Waals surface area contributed by atoms with E-state index < -0.39 is 5.41 Å². The molecule has 0 radical (unpaired) electrons. The van der Waals surface area contributed by atoms with Crippen LogP contribution in [0.5, 0.6) is 0 Å². The van der Waals surface area contributed by atoms with E-state index in [1.54, 1.807) is 17.0 Å². The average molecular weight is 329 g/mol. The maximum atomic E-state index is 13.4. The second-order valence-electron chi connectivity index (χ2n) is 6.82. The minimum absolute atomic E-state index is 0.0872. The van der Waals surface area contributed by atoms with Crippen molar-refractivity contribution in [3.8, 4) is 11.1 Å². The maximum Gasteiger partial charge on any atom is 0.242 e. The van der Waals surface area contributed by atoms with Gasteiger partial charge in [0.1, 0.15) is 11.2 Å². The topological polar surface area (TPSA) is 20.3 Å². The van der Waals surface area contributed by atoms with E-state index in [1.165, 1.54) is 12.1 Å². The van der Waals surface area contributed by atoms with E-state index in [4.69, 9.17) is 0 Å². The summed E-state index contributed by atoms with van der Waals surface area (Å²) in [6, 6.07) is 20.7. The van der Waals surface area contributed by atoms with Crippen molar-refractivity contribution in [1.29, 1.82) is 0 Å². The molecule has 1 amide bonds. The predicted octanol–water partition coefficient (Wildman–Crippen LogP) is 4.31. The molecule has 0 aromatic heterocycles. The zero-order valence-corrected chi connectivity index (χ0v) is 13.8. The first-order valence-electron chi connectivity index (χ1n) is 8.39. The second kappa shape index (κ2) is 4.79. The smallest absolute Gasteiger partial charge is 0.242 e. The van der Waals surface area contributed by atoms with Gasteiger partial charge < -0.3 is 4.90 Å². The molecule has 0 bridgehead atoms. The first-order valence-corrected chi connectivity index (χ1v) is 8.39. The molecule has 5 rings (SSSR count). The van der Waals surface area contributed by atoms with Crippen molar-refractivity contribution in [2.75, 3.05) is 11.9 Å². The Morgan fingerprint density at radius 3 is 2.44 bits per heavy atom. The number of hydrogen-bond acceptors (Lipinski definition) is 1. The third-order valence-electron chi connectivity index (χ3n) is 5.56. The van der Waals surface area contributed by atoms with Gasteiger partial charge in [-0.3, -0.25) is 4.79 Å². The van der Waals surface area contributed by atoms with Crippen LogP contribution < -0.4 is 4.90 Å². The number of carbonyl (C=O) groups is 1. The van der Waals surface area contributed by atoms with Crippen molar-refractivity contribution in [3.63, 3.8) is 0 Å². The summed E-state index contributed by atoms with van der Waals surface area (Å²) in [5, 5.41) is 0. The van der Waals surface area contributed by atoms with Gasteiger partial charge in [0.15, 0.2) is 0 Å². The number of nitrogens with zero attached hydrogens (tertiary/aromatic N) is 1. The van der Waals surface area contributed by atoms with Gasteiger partial charge in [-0.1, -0.05) is 48.5 Å². The number of amides is 1. The standard InChI is InChI=1S/C22H16FNO/c1-24-19-8-4-6-17-16-5-2-3-7-18(16)22(20(17)19,21(24)25)13-14-9-11-15(23)12-10-14/h2-12H,13H2,1H3/t22-/m0/s1. The Morgan fingerprint density at radius 1 is 0.920 bits per heavy atom. The average Bonchev–Trinajstić information content (AvgIpc) is 3.05. The molecule has 25 heavy (non-hydrogen) atoms. The van der Waals surface area contributed by atoms with E-state index in [1.807, 2.05) is 31.3 Å². The molecule has 3 aromatic carbocycles. The lowest BCUT2D eigenvalue weighted by Crippen LogP contribution is -2.40. The highest BCUT2D eigenvalue weighted by atomic mass is 19.1. The normalized spacial score (nSPS) is 19.9. The molecule has 2 aliphatic rings. The minimum atomic E-state index is -0.713. The van der Waals surface area contributed by atoms with E-state index in [-0.39, 0.29) is 11.7 Å². The molecular formula is C22H16FNO. The van der Waals surface area contributed by atoms with Crippen molar-refractivity contribution in [3.05, 3.63) is 89.2 Å². The van der Waals surface area contributed by atoms with Gasteiger partial charge in [-0.15, -0.1) is 0 Å². The molecule has 1 aliphatic heterocycles. The van der Waals surface area contributed by atoms with Gasteiger partial charge in [0.25, 0.3) is 0 Å². The van der Waals surface area contributed by atoms with Gasteiger partial charge in [0, 0.05) is 18.3 Å². The highest BCUT2D eigenvalue weighted by Crippen LogP contribution is 2.58. The number of likely N-dealkylation sites (N-methyl/N-ethyl adjacent to an activating group) is 1. The van der Waals surface area contributed by atoms with Crippen LogP contribution in [-0.4, -0.2) is 13.0 Å². The largest absolute Gasteiger partial charge is 0.314 e. The number of fused-ring (bicyclic) bond motifs is 3. The molecule has 1 aliphatic carbocycles. The number of benzene rings is 3. The Bertz CT molecular complexity index is 1020. The Balaban J connectivity index is 1.81. The lowest BCUT2D eigenvalue weighted by molar-refractivity contribution is -0.121. The number of carbonyl (C=O) groups excluding carboxylic acids is 1. The summed E-state index contributed by atoms with van der Waals surface area (Å²) in [5.74, 6) is -0.173. The highest BCUT2D eigenvalue weighted by Gasteiger charge is 2.56. The van der Waals surface area contributed by atoms with E-state index in [2.05, 4.69) is 18.2 Å². The van der Waals surface area contributed by atoms with Crippen LogP contribution in [0, 0.1) is 5.82 Å². The summed E-state index contributed by atoms with van der Waals surface area (Å²) in [7, 11) is 1.84. The fourth-order valence-corrected chi connectivity index (χ4v) is 4.50. The highest BCUT2D eigenvalue weighted by molar-refractivity contribution is 6.15. The van der Waals surface area contributed by atoms with Crippen LogP contribution in [0.15, 0.2) is 66.7 Å². The molecule has 122 valence electrons. The third-order valence-corrected chi connectivity index (χ3v) is 5.56. The molecule has 2 nitrogen and oxygen atoms in total. The fourth-order valence-electron chi connectivity index (χ4n) is 4.50. The summed E-state index contributed by atoms with van der Waals surface area (Å²) in [6.07, 6.45) is 0.539. The molecule has 3 heteroatoms. The van der Waals surface area contributed by atoms with Gasteiger partial charge in [-0.05, 0) is 46.9 Å². The van der Waals surface area contributed by atoms with Gasteiger partial charge in [-0.2, -0.15) is 0 Å². The van der Waals surface area contributed by atoms with Crippen LogP contribution in [-0.2, 0) is 16.6 Å². The van der Waals surface area contributed by atoms with E-state index >= 15 is 0 Å². The Hall–Kier alpha value is -2.94. The summed E-state index contributed by atoms with van der Waals surface area (Å²) >= 11 is 0. The van der Waals surface area contributed by atoms with E-state index in [0.717, 1.165) is 33.5 Å². The molecule has 1 heterocycles. The first-order chi connectivity index (χ1) is 12.1. The Kier molecular flexibility index (Phi) is 2.76. The number of anilines is 1. The molecule has 1 atom stereocenters. The quantitative estimate of drug-likeness (QED) is 0.686. The van der Waals surface area contributed by atoms with Crippen LogP contribution in [0.2, 0.25) is 0 Å². The van der Waals surface area contributed by atoms with Gasteiger partial charge in [-0.25, -0.2) is 4.39 Å². The molecule has 0 saturated heterocycles. The number of halogens is 1. The van der Waals surface area contributed by atoms with Gasteiger partial charge >= 0.3 is 0 Å². The summed E-state index contributed by atoms with van der Waals surface area (Å²) < 4.78 is 13.3. The van der Waals surface area contributed by atoms with Crippen LogP contribution in [0.3, 0.4) is 0 Å². The molecule has 0 spiro atoms. The van der Waals surface area contributed by atoms with Gasteiger partial charge in [0.2, 0.25) is 5.91 Å². The second-order valence-corrected chi connectivity index (χ2v) is 6.82. The van der Waals surface area contributed by atoms with E-state index in [0.29, 0.717) is 6.42 Å². The van der Waals surface area contributed by atoms with Crippen molar-refractivity contribution < 1.29 is 9.18 Å². The summed E-state index contributed by atoms with van der Waals surface area (Å²) in [6.45, 7) is 0. The van der Waals surface area contributed by atoms with Crippen molar-refractivity contribution >= 4 is 11.6 Å². The van der Waals surface area contributed by atoms with Crippen molar-refractivity contribution in [2.24, 2.45) is 0 Å². The number of hydrogen-bond donors (Lipinski definition) is 0. The van der Waals surface area contributed by atoms with Crippen molar-refractivity contribution in [1.82, 2.24) is 0 Å². The molecule has 3 aromatic rings. The zero-order valence-electron chi connectivity index (χ0n) is 13.8. The Morgan fingerprint density at radius 2 is 1.64 bits per heavy atom. The van der Waals surface area contributed by atoms with Crippen molar-refractivity contribution in [2.45, 2.75) is 11.8 Å². The zero-order chi connectivity index (χ0) is 17.2. The molecular weight excluding hydrogens is 313 g/mol. The molecule has 0 N–H and O–H groups in total. The number of rotatable bonds is 2. The molecule has 0 fully saturated rings. The lowest BCUT2D eigenvalue weighted by atomic mass is 9.74. The van der Waals surface area contributed by atoms with Crippen LogP contribution >= 0.6 is 0 Å². The Labute approximate surface area is 145 Å². The van der Waals surface area contributed by atoms with E-state index in [9.17, 15) is 9.18 Å². The minimum Gasteiger partial charge on any atom is -0.314 e. The van der Waals surface area contributed by atoms with Crippen LogP contribution in [0.1, 0.15) is 16.7 Å². The summed E-state index contributed by atoms with van der Waals surface area (Å²) in [4.78, 5) is 15.2. The monoisotopic (exact) mass is 329 g/mol. The molecule has 0 unspecified atom stereocenters. The predicted molar refractivity (Wildman–Crippen MR) is 96.2 cm³/mol. The summed E-state index contributed by atoms with van der Waals surface area (Å²) in [5.41, 5.74) is 5.62. The third kappa shape index (κ3) is 1.70. The van der Waals surface area contributed by atoms with Gasteiger partial charge in [0.05, 0.1) is 0 Å².